The van der Waals surface area contributed by atoms with Gasteiger partial charge in [0.05, 0.1) is 16.7 Å². The number of aromatic nitrogens is 2. The van der Waals surface area contributed by atoms with E-state index in [1.165, 1.54) is 11.0 Å². The monoisotopic (exact) mass is 689 g/mol. The third kappa shape index (κ3) is 4.83. The number of nitrogens with zero attached hydrogens (tertiary/aromatic N) is 3. The molecule has 8 aromatic carbocycles. The molecule has 9 aromatic rings. The van der Waals surface area contributed by atoms with E-state index in [1.807, 2.05) is 0 Å². The van der Waals surface area contributed by atoms with Gasteiger partial charge < -0.3 is 9.64 Å². The van der Waals surface area contributed by atoms with Gasteiger partial charge in [-0.15, -0.1) is 0 Å². The quantitative estimate of drug-likeness (QED) is 0.163. The Hall–Kier alpha value is -7.11. The normalized spacial score (nSPS) is 12.2. The SMILES string of the molecule is c1ccc(-c2ccc3c(c2)Oc2cc(N(c4ccccc4)c4ccccc4)cc4c2B3c2cc(-c3ccccc3)cc3nc(-c5ccccc5)n-4c23)cc1. The second kappa shape index (κ2) is 12.3. The molecule has 0 saturated carbocycles. The van der Waals surface area contributed by atoms with Crippen molar-refractivity contribution in [1.29, 1.82) is 0 Å². The van der Waals surface area contributed by atoms with Gasteiger partial charge in [-0.1, -0.05) is 146 Å². The van der Waals surface area contributed by atoms with Gasteiger partial charge in [-0.05, 0) is 81.1 Å². The van der Waals surface area contributed by atoms with Crippen molar-refractivity contribution in [3.05, 3.63) is 194 Å². The Morgan fingerprint density at radius 1 is 0.444 bits per heavy atom. The maximum atomic E-state index is 7.14. The molecule has 54 heavy (non-hydrogen) atoms. The standard InChI is InChI=1S/C49H32BN3O/c1-6-16-33(17-7-1)36-26-27-41-45(30-36)54-46-32-40(52(38-22-12-4-13-23-38)39-24-14-5-15-25-39)31-44-47(46)50(41)42-28-37(34-18-8-2-9-19-34)29-43-48(42)53(44)49(51-43)35-20-10-3-11-21-35/h1-32H. The number of benzene rings is 8. The molecular weight excluding hydrogens is 657 g/mol. The molecule has 0 saturated heterocycles. The Balaban J connectivity index is 1.24. The molecule has 5 heteroatoms. The molecule has 252 valence electrons. The third-order valence-corrected chi connectivity index (χ3v) is 10.8. The van der Waals surface area contributed by atoms with Gasteiger partial charge in [0.2, 0.25) is 0 Å². The lowest BCUT2D eigenvalue weighted by Gasteiger charge is -2.35. The molecule has 0 N–H and O–H groups in total. The van der Waals surface area contributed by atoms with Crippen molar-refractivity contribution in [2.45, 2.75) is 0 Å². The van der Waals surface area contributed by atoms with Crippen LogP contribution in [0, 0.1) is 0 Å². The van der Waals surface area contributed by atoms with Crippen molar-refractivity contribution in [2.75, 3.05) is 4.90 Å². The van der Waals surface area contributed by atoms with Crippen LogP contribution in [0.1, 0.15) is 0 Å². The van der Waals surface area contributed by atoms with E-state index < -0.39 is 0 Å². The second-order valence-electron chi connectivity index (χ2n) is 14.0. The minimum absolute atomic E-state index is 0.0708. The minimum atomic E-state index is -0.0708. The molecule has 1 aromatic heterocycles. The van der Waals surface area contributed by atoms with E-state index in [2.05, 4.69) is 204 Å². The summed E-state index contributed by atoms with van der Waals surface area (Å²) in [5.74, 6) is 2.63. The molecule has 0 aliphatic carbocycles. The van der Waals surface area contributed by atoms with Crippen LogP contribution in [0.15, 0.2) is 194 Å². The highest BCUT2D eigenvalue weighted by Crippen LogP contribution is 2.43. The number of imidazole rings is 1. The zero-order valence-electron chi connectivity index (χ0n) is 29.3. The Morgan fingerprint density at radius 3 is 1.65 bits per heavy atom. The molecule has 2 aliphatic heterocycles. The van der Waals surface area contributed by atoms with E-state index >= 15 is 0 Å². The van der Waals surface area contributed by atoms with Crippen molar-refractivity contribution < 1.29 is 4.74 Å². The lowest BCUT2D eigenvalue weighted by atomic mass is 9.34. The highest BCUT2D eigenvalue weighted by Gasteiger charge is 2.42. The molecule has 0 amide bonds. The number of para-hydroxylation sites is 2. The summed E-state index contributed by atoms with van der Waals surface area (Å²) < 4.78 is 9.52. The summed E-state index contributed by atoms with van der Waals surface area (Å²) in [6.07, 6.45) is 0. The summed E-state index contributed by atoms with van der Waals surface area (Å²) in [6.45, 7) is -0.0708. The van der Waals surface area contributed by atoms with Gasteiger partial charge in [0.25, 0.3) is 6.71 Å². The molecule has 2 aliphatic rings. The summed E-state index contributed by atoms with van der Waals surface area (Å²) in [5.41, 5.74) is 15.5. The highest BCUT2D eigenvalue weighted by atomic mass is 16.5. The van der Waals surface area contributed by atoms with Crippen molar-refractivity contribution in [1.82, 2.24) is 9.55 Å². The first kappa shape index (κ1) is 30.5. The van der Waals surface area contributed by atoms with Gasteiger partial charge >= 0.3 is 0 Å². The highest BCUT2D eigenvalue weighted by molar-refractivity contribution is 6.99. The molecule has 11 rings (SSSR count). The molecule has 0 radical (unpaired) electrons. The van der Waals surface area contributed by atoms with E-state index in [9.17, 15) is 0 Å². The zero-order chi connectivity index (χ0) is 35.6. The predicted molar refractivity (Wildman–Crippen MR) is 223 cm³/mol. The first-order valence-corrected chi connectivity index (χ1v) is 18.4. The average molecular weight is 690 g/mol. The maximum absolute atomic E-state index is 7.14. The van der Waals surface area contributed by atoms with Gasteiger partial charge in [-0.3, -0.25) is 4.57 Å². The van der Waals surface area contributed by atoms with Crippen LogP contribution in [0.25, 0.3) is 50.4 Å². The number of rotatable bonds is 6. The van der Waals surface area contributed by atoms with Gasteiger partial charge in [0.1, 0.15) is 17.3 Å². The second-order valence-corrected chi connectivity index (χ2v) is 14.0. The first-order chi connectivity index (χ1) is 26.8. The van der Waals surface area contributed by atoms with Crippen molar-refractivity contribution >= 4 is 51.2 Å². The third-order valence-electron chi connectivity index (χ3n) is 10.8. The van der Waals surface area contributed by atoms with Gasteiger partial charge in [0, 0.05) is 28.7 Å². The number of hydrogen-bond donors (Lipinski definition) is 0. The topological polar surface area (TPSA) is 30.3 Å². The van der Waals surface area contributed by atoms with Crippen LogP contribution in [0.4, 0.5) is 17.1 Å². The van der Waals surface area contributed by atoms with Crippen molar-refractivity contribution in [2.24, 2.45) is 0 Å². The van der Waals surface area contributed by atoms with E-state index in [0.29, 0.717) is 0 Å². The van der Waals surface area contributed by atoms with E-state index in [4.69, 9.17) is 9.72 Å². The van der Waals surface area contributed by atoms with Gasteiger partial charge in [-0.2, -0.15) is 0 Å². The predicted octanol–water partition coefficient (Wildman–Crippen LogP) is 10.4. The Morgan fingerprint density at radius 2 is 1.02 bits per heavy atom. The summed E-state index contributed by atoms with van der Waals surface area (Å²) in [5, 5.41) is 0. The molecule has 0 bridgehead atoms. The summed E-state index contributed by atoms with van der Waals surface area (Å²) in [6, 6.07) is 68.8. The van der Waals surface area contributed by atoms with E-state index in [1.54, 1.807) is 0 Å². The Labute approximate surface area is 314 Å². The molecular formula is C49H32BN3O. The maximum Gasteiger partial charge on any atom is 0.256 e. The zero-order valence-corrected chi connectivity index (χ0v) is 29.3. The molecule has 3 heterocycles. The number of fused-ring (bicyclic) bond motifs is 4. The molecule has 0 unspecified atom stereocenters. The van der Waals surface area contributed by atoms with Crippen LogP contribution in [0.3, 0.4) is 0 Å². The fourth-order valence-corrected chi connectivity index (χ4v) is 8.43. The van der Waals surface area contributed by atoms with Crippen molar-refractivity contribution in [3.8, 4) is 50.8 Å². The van der Waals surface area contributed by atoms with E-state index in [0.717, 1.165) is 84.3 Å². The lowest BCUT2D eigenvalue weighted by Crippen LogP contribution is -2.58. The van der Waals surface area contributed by atoms with Gasteiger partial charge in [-0.25, -0.2) is 4.98 Å². The van der Waals surface area contributed by atoms with Crippen LogP contribution in [0.5, 0.6) is 11.5 Å². The molecule has 0 spiro atoms. The summed E-state index contributed by atoms with van der Waals surface area (Å²) >= 11 is 0. The molecule has 4 nitrogen and oxygen atoms in total. The van der Waals surface area contributed by atoms with Crippen LogP contribution >= 0.6 is 0 Å². The average Bonchev–Trinajstić information content (AvgIpc) is 3.64. The fourth-order valence-electron chi connectivity index (χ4n) is 8.43. The minimum Gasteiger partial charge on any atom is -0.458 e. The Bertz CT molecular complexity index is 2800. The van der Waals surface area contributed by atoms with Crippen LogP contribution in [-0.4, -0.2) is 16.3 Å². The smallest absolute Gasteiger partial charge is 0.256 e. The number of anilines is 3. The van der Waals surface area contributed by atoms with Crippen LogP contribution in [0.2, 0.25) is 0 Å². The lowest BCUT2D eigenvalue weighted by molar-refractivity contribution is 0.487. The summed E-state index contributed by atoms with van der Waals surface area (Å²) in [7, 11) is 0. The molecule has 0 atom stereocenters. The largest absolute Gasteiger partial charge is 0.458 e. The number of ether oxygens (including phenoxy) is 1. The van der Waals surface area contributed by atoms with Gasteiger partial charge in [0.15, 0.2) is 0 Å². The number of hydrogen-bond acceptors (Lipinski definition) is 3. The van der Waals surface area contributed by atoms with Crippen molar-refractivity contribution in [3.63, 3.8) is 0 Å². The summed E-state index contributed by atoms with van der Waals surface area (Å²) in [4.78, 5) is 7.78. The van der Waals surface area contributed by atoms with Crippen LogP contribution < -0.4 is 26.0 Å². The van der Waals surface area contributed by atoms with E-state index in [-0.39, 0.29) is 6.71 Å². The van der Waals surface area contributed by atoms with Crippen LogP contribution in [-0.2, 0) is 0 Å². The Kier molecular flexibility index (Phi) is 6.92. The molecule has 0 fully saturated rings. The fraction of sp³-hybridized carbons (Fsp3) is 0. The first-order valence-electron chi connectivity index (χ1n) is 18.4.